The lowest BCUT2D eigenvalue weighted by molar-refractivity contribution is 0.948. The van der Waals surface area contributed by atoms with Crippen molar-refractivity contribution in [2.45, 2.75) is 13.5 Å². The van der Waals surface area contributed by atoms with Crippen LogP contribution in [0.4, 0.5) is 0 Å². The Labute approximate surface area is 109 Å². The van der Waals surface area contributed by atoms with E-state index in [0.717, 1.165) is 11.4 Å². The van der Waals surface area contributed by atoms with Crippen LogP contribution >= 0.6 is 23.2 Å². The molecule has 0 saturated heterocycles. The maximum Gasteiger partial charge on any atom is 0.180 e. The van der Waals surface area contributed by atoms with Crippen molar-refractivity contribution in [2.75, 3.05) is 0 Å². The molecule has 2 rings (SSSR count). The van der Waals surface area contributed by atoms with Crippen molar-refractivity contribution >= 4 is 23.2 Å². The van der Waals surface area contributed by atoms with Crippen molar-refractivity contribution in [3.05, 3.63) is 39.8 Å². The van der Waals surface area contributed by atoms with Crippen LogP contribution in [-0.2, 0) is 6.54 Å². The predicted octanol–water partition coefficient (Wildman–Crippen LogP) is 2.61. The van der Waals surface area contributed by atoms with E-state index in [0.29, 0.717) is 28.1 Å². The zero-order valence-corrected chi connectivity index (χ0v) is 10.6. The largest absolute Gasteiger partial charge is 0.325 e. The van der Waals surface area contributed by atoms with Crippen LogP contribution in [0.3, 0.4) is 0 Å². The number of halogens is 2. The van der Waals surface area contributed by atoms with Crippen LogP contribution in [0, 0.1) is 6.92 Å². The minimum absolute atomic E-state index is 0.349. The molecule has 0 saturated carbocycles. The molecule has 0 unspecified atom stereocenters. The second-order valence-corrected chi connectivity index (χ2v) is 4.36. The Balaban J connectivity index is 2.55. The molecule has 0 radical (unpaired) electrons. The van der Waals surface area contributed by atoms with Gasteiger partial charge in [0, 0.05) is 18.4 Å². The Kier molecular flexibility index (Phi) is 3.57. The van der Waals surface area contributed by atoms with E-state index in [9.17, 15) is 0 Å². The SMILES string of the molecule is Cc1cc(CN)nc(-c2ncc(Cl)cc2Cl)n1. The number of nitrogens with zero attached hydrogens (tertiary/aromatic N) is 3. The van der Waals surface area contributed by atoms with Gasteiger partial charge in [0.2, 0.25) is 0 Å². The predicted molar refractivity (Wildman–Crippen MR) is 67.9 cm³/mol. The fourth-order valence-electron chi connectivity index (χ4n) is 1.42. The van der Waals surface area contributed by atoms with E-state index in [1.807, 2.05) is 13.0 Å². The molecule has 88 valence electrons. The van der Waals surface area contributed by atoms with Crippen LogP contribution in [0.25, 0.3) is 11.5 Å². The first-order valence-corrected chi connectivity index (χ1v) is 5.72. The Morgan fingerprint density at radius 1 is 1.24 bits per heavy atom. The minimum atomic E-state index is 0.349. The van der Waals surface area contributed by atoms with Gasteiger partial charge in [-0.2, -0.15) is 0 Å². The molecule has 0 bridgehead atoms. The summed E-state index contributed by atoms with van der Waals surface area (Å²) >= 11 is 11.8. The Morgan fingerprint density at radius 2 is 2.00 bits per heavy atom. The molecular formula is C11H10Cl2N4. The topological polar surface area (TPSA) is 64.7 Å². The first-order valence-electron chi connectivity index (χ1n) is 4.96. The van der Waals surface area contributed by atoms with E-state index in [1.54, 1.807) is 6.07 Å². The Bertz CT molecular complexity index is 557. The van der Waals surface area contributed by atoms with Crippen molar-refractivity contribution < 1.29 is 0 Å². The summed E-state index contributed by atoms with van der Waals surface area (Å²) in [6.45, 7) is 2.22. The van der Waals surface area contributed by atoms with E-state index >= 15 is 0 Å². The second-order valence-electron chi connectivity index (χ2n) is 3.51. The highest BCUT2D eigenvalue weighted by atomic mass is 35.5. The van der Waals surface area contributed by atoms with Gasteiger partial charge in [-0.3, -0.25) is 0 Å². The summed E-state index contributed by atoms with van der Waals surface area (Å²) < 4.78 is 0. The van der Waals surface area contributed by atoms with Crippen LogP contribution in [0.5, 0.6) is 0 Å². The monoisotopic (exact) mass is 268 g/mol. The van der Waals surface area contributed by atoms with Crippen LogP contribution in [0.1, 0.15) is 11.4 Å². The average molecular weight is 269 g/mol. The molecule has 0 amide bonds. The van der Waals surface area contributed by atoms with Crippen molar-refractivity contribution in [3.8, 4) is 11.5 Å². The van der Waals surface area contributed by atoms with E-state index in [-0.39, 0.29) is 0 Å². The van der Waals surface area contributed by atoms with Gasteiger partial charge in [0.15, 0.2) is 5.82 Å². The van der Waals surface area contributed by atoms with Gasteiger partial charge in [-0.05, 0) is 19.1 Å². The zero-order valence-electron chi connectivity index (χ0n) is 9.11. The highest BCUT2D eigenvalue weighted by Gasteiger charge is 2.10. The standard InChI is InChI=1S/C11H10Cl2N4/c1-6-2-8(4-14)17-11(16-6)10-9(13)3-7(12)5-15-10/h2-3,5H,4,14H2,1H3. The van der Waals surface area contributed by atoms with Crippen molar-refractivity contribution in [1.82, 2.24) is 15.0 Å². The highest BCUT2D eigenvalue weighted by molar-refractivity contribution is 6.35. The molecule has 4 nitrogen and oxygen atoms in total. The third-order valence-corrected chi connectivity index (χ3v) is 2.63. The summed E-state index contributed by atoms with van der Waals surface area (Å²) in [5.74, 6) is 0.465. The molecule has 2 N–H and O–H groups in total. The summed E-state index contributed by atoms with van der Waals surface area (Å²) in [5, 5.41) is 0.900. The van der Waals surface area contributed by atoms with Gasteiger partial charge in [-0.25, -0.2) is 15.0 Å². The van der Waals surface area contributed by atoms with Gasteiger partial charge >= 0.3 is 0 Å². The lowest BCUT2D eigenvalue weighted by Crippen LogP contribution is -2.04. The van der Waals surface area contributed by atoms with Crippen LogP contribution < -0.4 is 5.73 Å². The molecule has 6 heteroatoms. The maximum atomic E-state index is 6.05. The molecule has 0 fully saturated rings. The molecule has 0 spiro atoms. The highest BCUT2D eigenvalue weighted by Crippen LogP contribution is 2.25. The number of hydrogen-bond donors (Lipinski definition) is 1. The molecule has 0 aliphatic rings. The van der Waals surface area contributed by atoms with E-state index < -0.39 is 0 Å². The molecular weight excluding hydrogens is 259 g/mol. The van der Waals surface area contributed by atoms with Gasteiger partial charge in [0.25, 0.3) is 0 Å². The number of aromatic nitrogens is 3. The van der Waals surface area contributed by atoms with Crippen molar-refractivity contribution in [1.29, 1.82) is 0 Å². The summed E-state index contributed by atoms with van der Waals surface area (Å²) in [7, 11) is 0. The fraction of sp³-hybridized carbons (Fsp3) is 0.182. The summed E-state index contributed by atoms with van der Waals surface area (Å²) in [5.41, 5.74) is 7.64. The van der Waals surface area contributed by atoms with Crippen LogP contribution in [-0.4, -0.2) is 15.0 Å². The summed E-state index contributed by atoms with van der Waals surface area (Å²) in [6, 6.07) is 3.44. The number of pyridine rings is 1. The van der Waals surface area contributed by atoms with Crippen LogP contribution in [0.2, 0.25) is 10.0 Å². The molecule has 0 aliphatic carbocycles. The average Bonchev–Trinajstić information content (AvgIpc) is 2.28. The summed E-state index contributed by atoms with van der Waals surface area (Å²) in [4.78, 5) is 12.7. The van der Waals surface area contributed by atoms with Crippen LogP contribution in [0.15, 0.2) is 18.3 Å². The fourth-order valence-corrected chi connectivity index (χ4v) is 1.89. The third-order valence-electron chi connectivity index (χ3n) is 2.14. The van der Waals surface area contributed by atoms with Gasteiger partial charge in [-0.15, -0.1) is 0 Å². The lowest BCUT2D eigenvalue weighted by Gasteiger charge is -2.05. The quantitative estimate of drug-likeness (QED) is 0.910. The van der Waals surface area contributed by atoms with Crippen molar-refractivity contribution in [3.63, 3.8) is 0 Å². The van der Waals surface area contributed by atoms with Gasteiger partial charge in [0.05, 0.1) is 15.7 Å². The Hall–Kier alpha value is -1.23. The molecule has 0 atom stereocenters. The first kappa shape index (κ1) is 12.2. The Morgan fingerprint density at radius 3 is 2.65 bits per heavy atom. The molecule has 0 aromatic carbocycles. The molecule has 0 aliphatic heterocycles. The normalized spacial score (nSPS) is 10.6. The number of rotatable bonds is 2. The summed E-state index contributed by atoms with van der Waals surface area (Å²) in [6.07, 6.45) is 1.51. The van der Waals surface area contributed by atoms with E-state index in [2.05, 4.69) is 15.0 Å². The molecule has 2 aromatic heterocycles. The minimum Gasteiger partial charge on any atom is -0.325 e. The van der Waals surface area contributed by atoms with Crippen molar-refractivity contribution in [2.24, 2.45) is 5.73 Å². The molecule has 17 heavy (non-hydrogen) atoms. The van der Waals surface area contributed by atoms with Gasteiger partial charge < -0.3 is 5.73 Å². The lowest BCUT2D eigenvalue weighted by atomic mass is 10.3. The molecule has 2 heterocycles. The molecule has 2 aromatic rings. The number of aryl methyl sites for hydroxylation is 1. The smallest absolute Gasteiger partial charge is 0.180 e. The second kappa shape index (κ2) is 4.96. The number of nitrogens with two attached hydrogens (primary N) is 1. The van der Waals surface area contributed by atoms with E-state index in [1.165, 1.54) is 6.20 Å². The van der Waals surface area contributed by atoms with E-state index in [4.69, 9.17) is 28.9 Å². The van der Waals surface area contributed by atoms with Gasteiger partial charge in [-0.1, -0.05) is 23.2 Å². The number of hydrogen-bond acceptors (Lipinski definition) is 4. The zero-order chi connectivity index (χ0) is 12.4. The maximum absolute atomic E-state index is 6.05. The third kappa shape index (κ3) is 2.72. The van der Waals surface area contributed by atoms with Gasteiger partial charge in [0.1, 0.15) is 5.69 Å². The first-order chi connectivity index (χ1) is 8.10.